The summed E-state index contributed by atoms with van der Waals surface area (Å²) in [6.07, 6.45) is 1.85. The summed E-state index contributed by atoms with van der Waals surface area (Å²) in [7, 11) is 0. The summed E-state index contributed by atoms with van der Waals surface area (Å²) >= 11 is 0. The molecule has 0 saturated heterocycles. The molecule has 0 aliphatic rings. The van der Waals surface area contributed by atoms with Gasteiger partial charge in [0.1, 0.15) is 5.75 Å². The zero-order valence-corrected chi connectivity index (χ0v) is 13.2. The van der Waals surface area contributed by atoms with Crippen LogP contribution in [0.2, 0.25) is 0 Å². The molecule has 3 heteroatoms. The van der Waals surface area contributed by atoms with E-state index in [4.69, 9.17) is 9.84 Å². The maximum atomic E-state index is 8.84. The Labute approximate surface area is 123 Å². The van der Waals surface area contributed by atoms with Gasteiger partial charge in [-0.15, -0.1) is 0 Å². The number of rotatable bonds is 9. The van der Waals surface area contributed by atoms with Crippen molar-refractivity contribution < 1.29 is 9.84 Å². The highest BCUT2D eigenvalue weighted by Crippen LogP contribution is 2.19. The Morgan fingerprint density at radius 2 is 1.75 bits per heavy atom. The molecule has 1 aromatic carbocycles. The second kappa shape index (κ2) is 8.98. The van der Waals surface area contributed by atoms with Crippen LogP contribution in [0, 0.1) is 5.92 Å². The van der Waals surface area contributed by atoms with E-state index >= 15 is 0 Å². The smallest absolute Gasteiger partial charge is 0.119 e. The molecule has 0 bridgehead atoms. The Morgan fingerprint density at radius 1 is 1.10 bits per heavy atom. The SMILES string of the molecule is CC(C)COc1ccc(C(C)NC(C)CCCO)cc1. The molecular formula is C17H29NO2. The third-order valence-corrected chi connectivity index (χ3v) is 3.29. The molecule has 114 valence electrons. The Morgan fingerprint density at radius 3 is 2.30 bits per heavy atom. The molecular weight excluding hydrogens is 250 g/mol. The Bertz CT molecular complexity index is 362. The molecule has 0 amide bonds. The lowest BCUT2D eigenvalue weighted by Crippen LogP contribution is -2.29. The fourth-order valence-corrected chi connectivity index (χ4v) is 2.12. The van der Waals surface area contributed by atoms with Crippen molar-refractivity contribution in [2.24, 2.45) is 5.92 Å². The van der Waals surface area contributed by atoms with E-state index in [1.54, 1.807) is 0 Å². The van der Waals surface area contributed by atoms with Crippen molar-refractivity contribution in [1.82, 2.24) is 5.32 Å². The van der Waals surface area contributed by atoms with Crippen LogP contribution in [-0.2, 0) is 0 Å². The predicted molar refractivity (Wildman–Crippen MR) is 84.1 cm³/mol. The first-order valence-corrected chi connectivity index (χ1v) is 7.62. The van der Waals surface area contributed by atoms with Gasteiger partial charge in [-0.3, -0.25) is 0 Å². The highest BCUT2D eigenvalue weighted by atomic mass is 16.5. The lowest BCUT2D eigenvalue weighted by Gasteiger charge is -2.20. The van der Waals surface area contributed by atoms with E-state index < -0.39 is 0 Å². The highest BCUT2D eigenvalue weighted by molar-refractivity contribution is 5.29. The molecule has 0 aromatic heterocycles. The summed E-state index contributed by atoms with van der Waals surface area (Å²) in [6, 6.07) is 9.03. The van der Waals surface area contributed by atoms with Crippen LogP contribution in [0.25, 0.3) is 0 Å². The minimum Gasteiger partial charge on any atom is -0.493 e. The monoisotopic (exact) mass is 279 g/mol. The van der Waals surface area contributed by atoms with Crippen LogP contribution in [0.4, 0.5) is 0 Å². The van der Waals surface area contributed by atoms with Gasteiger partial charge in [-0.25, -0.2) is 0 Å². The molecule has 0 aliphatic heterocycles. The van der Waals surface area contributed by atoms with Crippen molar-refractivity contribution >= 4 is 0 Å². The molecule has 0 radical (unpaired) electrons. The molecule has 3 nitrogen and oxygen atoms in total. The zero-order valence-electron chi connectivity index (χ0n) is 13.2. The molecule has 2 N–H and O–H groups in total. The third-order valence-electron chi connectivity index (χ3n) is 3.29. The quantitative estimate of drug-likeness (QED) is 0.726. The van der Waals surface area contributed by atoms with Gasteiger partial charge in [0, 0.05) is 18.7 Å². The van der Waals surface area contributed by atoms with Gasteiger partial charge in [0.15, 0.2) is 0 Å². The fraction of sp³-hybridized carbons (Fsp3) is 0.647. The molecule has 1 rings (SSSR count). The van der Waals surface area contributed by atoms with E-state index in [1.165, 1.54) is 5.56 Å². The lowest BCUT2D eigenvalue weighted by atomic mass is 10.1. The fourth-order valence-electron chi connectivity index (χ4n) is 2.12. The summed E-state index contributed by atoms with van der Waals surface area (Å²) in [6.45, 7) is 9.64. The number of ether oxygens (including phenoxy) is 1. The van der Waals surface area contributed by atoms with Crippen molar-refractivity contribution in [3.05, 3.63) is 29.8 Å². The molecule has 20 heavy (non-hydrogen) atoms. The van der Waals surface area contributed by atoms with Gasteiger partial charge in [-0.2, -0.15) is 0 Å². The van der Waals surface area contributed by atoms with E-state index in [-0.39, 0.29) is 6.61 Å². The summed E-state index contributed by atoms with van der Waals surface area (Å²) in [5.74, 6) is 1.48. The van der Waals surface area contributed by atoms with Gasteiger partial charge in [0.25, 0.3) is 0 Å². The predicted octanol–water partition coefficient (Wildman–Crippen LogP) is 3.53. The van der Waals surface area contributed by atoms with E-state index in [0.717, 1.165) is 25.2 Å². The Kier molecular flexibility index (Phi) is 7.63. The maximum absolute atomic E-state index is 8.84. The maximum Gasteiger partial charge on any atom is 0.119 e. The van der Waals surface area contributed by atoms with Crippen LogP contribution in [0.3, 0.4) is 0 Å². The Balaban J connectivity index is 2.46. The molecule has 0 aliphatic carbocycles. The normalized spacial score (nSPS) is 14.3. The number of aliphatic hydroxyl groups excluding tert-OH is 1. The molecule has 0 saturated carbocycles. The van der Waals surface area contributed by atoms with Crippen LogP contribution in [0.15, 0.2) is 24.3 Å². The van der Waals surface area contributed by atoms with Crippen molar-refractivity contribution in [2.75, 3.05) is 13.2 Å². The van der Waals surface area contributed by atoms with Crippen molar-refractivity contribution in [3.63, 3.8) is 0 Å². The topological polar surface area (TPSA) is 41.5 Å². The molecule has 0 fully saturated rings. The number of nitrogens with one attached hydrogen (secondary N) is 1. The largest absolute Gasteiger partial charge is 0.493 e. The lowest BCUT2D eigenvalue weighted by molar-refractivity contribution is 0.270. The average Bonchev–Trinajstić information content (AvgIpc) is 2.43. The van der Waals surface area contributed by atoms with Crippen LogP contribution in [-0.4, -0.2) is 24.4 Å². The summed E-state index contributed by atoms with van der Waals surface area (Å²) < 4.78 is 5.69. The molecule has 0 spiro atoms. The van der Waals surface area contributed by atoms with E-state index in [0.29, 0.717) is 18.0 Å². The van der Waals surface area contributed by atoms with Gasteiger partial charge in [0.2, 0.25) is 0 Å². The molecule has 1 aromatic rings. The first-order chi connectivity index (χ1) is 9.52. The van der Waals surface area contributed by atoms with Gasteiger partial charge in [0.05, 0.1) is 6.61 Å². The third kappa shape index (κ3) is 6.40. The van der Waals surface area contributed by atoms with Gasteiger partial charge < -0.3 is 15.2 Å². The zero-order chi connectivity index (χ0) is 15.0. The van der Waals surface area contributed by atoms with Crippen molar-refractivity contribution in [1.29, 1.82) is 0 Å². The number of aliphatic hydroxyl groups is 1. The van der Waals surface area contributed by atoms with Crippen LogP contribution in [0.5, 0.6) is 5.75 Å². The second-order valence-corrected chi connectivity index (χ2v) is 5.93. The molecule has 2 atom stereocenters. The number of hydrogen-bond donors (Lipinski definition) is 2. The van der Waals surface area contributed by atoms with E-state index in [2.05, 4.69) is 45.1 Å². The first kappa shape index (κ1) is 17.0. The first-order valence-electron chi connectivity index (χ1n) is 7.62. The average molecular weight is 279 g/mol. The highest BCUT2D eigenvalue weighted by Gasteiger charge is 2.09. The van der Waals surface area contributed by atoms with Gasteiger partial charge in [-0.1, -0.05) is 26.0 Å². The number of benzene rings is 1. The minimum atomic E-state index is 0.266. The summed E-state index contributed by atoms with van der Waals surface area (Å²) in [5.41, 5.74) is 1.26. The van der Waals surface area contributed by atoms with Crippen molar-refractivity contribution in [3.8, 4) is 5.75 Å². The van der Waals surface area contributed by atoms with Crippen molar-refractivity contribution in [2.45, 2.75) is 52.6 Å². The summed E-state index contributed by atoms with van der Waals surface area (Å²) in [4.78, 5) is 0. The van der Waals surface area contributed by atoms with Crippen LogP contribution < -0.4 is 10.1 Å². The summed E-state index contributed by atoms with van der Waals surface area (Å²) in [5, 5.41) is 12.4. The number of hydrogen-bond acceptors (Lipinski definition) is 3. The van der Waals surface area contributed by atoms with Crippen LogP contribution >= 0.6 is 0 Å². The molecule has 0 heterocycles. The van der Waals surface area contributed by atoms with Gasteiger partial charge >= 0.3 is 0 Å². The standard InChI is InChI=1S/C17H29NO2/c1-13(2)12-20-17-9-7-16(8-10-17)15(4)18-14(3)6-5-11-19/h7-10,13-15,18-19H,5-6,11-12H2,1-4H3. The van der Waals surface area contributed by atoms with Crippen LogP contribution in [0.1, 0.15) is 52.1 Å². The minimum absolute atomic E-state index is 0.266. The van der Waals surface area contributed by atoms with E-state index in [1.807, 2.05) is 12.1 Å². The second-order valence-electron chi connectivity index (χ2n) is 5.93. The molecule has 2 unspecified atom stereocenters. The van der Waals surface area contributed by atoms with E-state index in [9.17, 15) is 0 Å². The Hall–Kier alpha value is -1.06. The van der Waals surface area contributed by atoms with Gasteiger partial charge in [-0.05, 0) is 50.3 Å².